The molecule has 2 aliphatic heterocycles. The molecule has 1 unspecified atom stereocenters. The molecule has 5 heteroatoms. The maximum Gasteiger partial charge on any atom is 0.411 e. The lowest BCUT2D eigenvalue weighted by Gasteiger charge is -2.37. The zero-order valence-corrected chi connectivity index (χ0v) is 8.58. The Morgan fingerprint density at radius 1 is 1.38 bits per heavy atom. The second kappa shape index (κ2) is 3.23. The van der Waals surface area contributed by atoms with Crippen LogP contribution in [0.5, 0.6) is 0 Å². The summed E-state index contributed by atoms with van der Waals surface area (Å²) in [5.41, 5.74) is 1.65. The molecule has 1 atom stereocenters. The van der Waals surface area contributed by atoms with E-state index in [1.54, 1.807) is 6.34 Å². The van der Waals surface area contributed by atoms with Gasteiger partial charge in [-0.25, -0.2) is 4.79 Å². The topological polar surface area (TPSA) is 56.1 Å². The van der Waals surface area contributed by atoms with Gasteiger partial charge in [-0.05, 0) is 12.1 Å². The van der Waals surface area contributed by atoms with Crippen LogP contribution in [0.25, 0.3) is 0 Å². The Labute approximate surface area is 92.6 Å². The van der Waals surface area contributed by atoms with Gasteiger partial charge >= 0.3 is 6.09 Å². The molecule has 0 fully saturated rings. The summed E-state index contributed by atoms with van der Waals surface area (Å²) in [7, 11) is 0. The lowest BCUT2D eigenvalue weighted by molar-refractivity contribution is 0.201. The first-order valence-electron chi connectivity index (χ1n) is 5.15. The Hall–Kier alpha value is -2.04. The minimum Gasteiger partial charge on any atom is -0.465 e. The van der Waals surface area contributed by atoms with Crippen LogP contribution in [0.1, 0.15) is 0 Å². The molecular weight excluding hydrogens is 206 g/mol. The van der Waals surface area contributed by atoms with Crippen LogP contribution in [0.3, 0.4) is 0 Å². The van der Waals surface area contributed by atoms with Gasteiger partial charge in [0.25, 0.3) is 0 Å². The highest BCUT2D eigenvalue weighted by molar-refractivity contribution is 5.98. The molecule has 0 aromatic heterocycles. The van der Waals surface area contributed by atoms with E-state index in [1.807, 2.05) is 24.3 Å². The second-order valence-corrected chi connectivity index (χ2v) is 3.92. The number of carboxylic acid groups (broad SMARTS) is 1. The van der Waals surface area contributed by atoms with E-state index < -0.39 is 6.09 Å². The fourth-order valence-electron chi connectivity index (χ4n) is 2.24. The van der Waals surface area contributed by atoms with Gasteiger partial charge in [0.1, 0.15) is 0 Å². The number of nitrogens with zero attached hydrogens (tertiary/aromatic N) is 3. The van der Waals surface area contributed by atoms with Crippen LogP contribution >= 0.6 is 0 Å². The molecule has 82 valence electrons. The fraction of sp³-hybridized carbons (Fsp3) is 0.273. The van der Waals surface area contributed by atoms with Gasteiger partial charge in [0.2, 0.25) is 0 Å². The van der Waals surface area contributed by atoms with Gasteiger partial charge in [-0.1, -0.05) is 12.1 Å². The second-order valence-electron chi connectivity index (χ2n) is 3.92. The molecule has 1 N–H and O–H groups in total. The van der Waals surface area contributed by atoms with Crippen LogP contribution in [0.2, 0.25) is 0 Å². The van der Waals surface area contributed by atoms with Crippen molar-refractivity contribution >= 4 is 23.8 Å². The van der Waals surface area contributed by atoms with Crippen LogP contribution in [-0.4, -0.2) is 36.7 Å². The van der Waals surface area contributed by atoms with Crippen molar-refractivity contribution < 1.29 is 9.90 Å². The number of anilines is 2. The van der Waals surface area contributed by atoms with Crippen LogP contribution in [-0.2, 0) is 0 Å². The molecule has 2 heterocycles. The first kappa shape index (κ1) is 9.21. The molecule has 2 aliphatic rings. The van der Waals surface area contributed by atoms with Crippen molar-refractivity contribution in [2.45, 2.75) is 6.04 Å². The van der Waals surface area contributed by atoms with Crippen molar-refractivity contribution in [1.82, 2.24) is 0 Å². The normalized spacial score (nSPS) is 21.9. The number of rotatable bonds is 0. The molecule has 0 radical (unpaired) electrons. The highest BCUT2D eigenvalue weighted by Gasteiger charge is 2.34. The Bertz CT molecular complexity index is 457. The Morgan fingerprint density at radius 2 is 2.12 bits per heavy atom. The average molecular weight is 217 g/mol. The predicted octanol–water partition coefficient (Wildman–Crippen LogP) is 1.40. The molecule has 0 aliphatic carbocycles. The molecule has 1 aromatic carbocycles. The van der Waals surface area contributed by atoms with Crippen molar-refractivity contribution in [2.24, 2.45) is 4.99 Å². The SMILES string of the molecule is O=C(O)N1CC2CN=CN2c2ccccc21. The number of carbonyl (C=O) groups is 1. The Kier molecular flexibility index (Phi) is 1.86. The van der Waals surface area contributed by atoms with Crippen LogP contribution < -0.4 is 9.80 Å². The van der Waals surface area contributed by atoms with E-state index in [-0.39, 0.29) is 6.04 Å². The Balaban J connectivity index is 2.11. The molecule has 0 spiro atoms. The third-order valence-corrected chi connectivity index (χ3v) is 2.99. The van der Waals surface area contributed by atoms with Crippen LogP contribution in [0.15, 0.2) is 29.3 Å². The molecule has 16 heavy (non-hydrogen) atoms. The number of hydrogen-bond donors (Lipinski definition) is 1. The highest BCUT2D eigenvalue weighted by Crippen LogP contribution is 2.35. The number of para-hydroxylation sites is 2. The number of benzene rings is 1. The van der Waals surface area contributed by atoms with Crippen molar-refractivity contribution in [2.75, 3.05) is 22.9 Å². The van der Waals surface area contributed by atoms with E-state index in [0.717, 1.165) is 11.4 Å². The van der Waals surface area contributed by atoms with Crippen molar-refractivity contribution in [1.29, 1.82) is 0 Å². The number of fused-ring (bicyclic) bond motifs is 3. The Morgan fingerprint density at radius 3 is 2.88 bits per heavy atom. The molecular formula is C11H11N3O2. The maximum absolute atomic E-state index is 11.2. The molecule has 5 nitrogen and oxygen atoms in total. The van der Waals surface area contributed by atoms with Gasteiger partial charge in [0.05, 0.1) is 36.8 Å². The van der Waals surface area contributed by atoms with Crippen LogP contribution in [0.4, 0.5) is 16.2 Å². The van der Waals surface area contributed by atoms with Gasteiger partial charge in [-0.15, -0.1) is 0 Å². The quantitative estimate of drug-likeness (QED) is 0.714. The number of hydrogen-bond acceptors (Lipinski definition) is 3. The van der Waals surface area contributed by atoms with E-state index in [4.69, 9.17) is 0 Å². The minimum absolute atomic E-state index is 0.144. The molecule has 0 saturated heterocycles. The summed E-state index contributed by atoms with van der Waals surface area (Å²) in [6.07, 6.45) is 0.891. The van der Waals surface area contributed by atoms with Crippen molar-refractivity contribution in [3.8, 4) is 0 Å². The smallest absolute Gasteiger partial charge is 0.411 e. The van der Waals surface area contributed by atoms with Gasteiger partial charge in [0, 0.05) is 0 Å². The van der Waals surface area contributed by atoms with E-state index >= 15 is 0 Å². The summed E-state index contributed by atoms with van der Waals surface area (Å²) < 4.78 is 0. The lowest BCUT2D eigenvalue weighted by atomic mass is 10.1. The fourth-order valence-corrected chi connectivity index (χ4v) is 2.24. The van der Waals surface area contributed by atoms with Crippen molar-refractivity contribution in [3.63, 3.8) is 0 Å². The molecule has 3 rings (SSSR count). The average Bonchev–Trinajstić information content (AvgIpc) is 2.75. The lowest BCUT2D eigenvalue weighted by Crippen LogP contribution is -2.49. The third-order valence-electron chi connectivity index (χ3n) is 2.99. The van der Waals surface area contributed by atoms with E-state index in [9.17, 15) is 9.90 Å². The summed E-state index contributed by atoms with van der Waals surface area (Å²) >= 11 is 0. The van der Waals surface area contributed by atoms with Crippen LogP contribution in [0, 0.1) is 0 Å². The van der Waals surface area contributed by atoms with E-state index in [0.29, 0.717) is 13.1 Å². The summed E-state index contributed by atoms with van der Waals surface area (Å²) in [6, 6.07) is 7.65. The monoisotopic (exact) mass is 217 g/mol. The zero-order chi connectivity index (χ0) is 11.1. The third kappa shape index (κ3) is 1.18. The first-order valence-corrected chi connectivity index (χ1v) is 5.15. The first-order chi connectivity index (χ1) is 7.77. The van der Waals surface area contributed by atoms with Gasteiger partial charge < -0.3 is 10.0 Å². The molecule has 1 aromatic rings. The van der Waals surface area contributed by atoms with E-state index in [2.05, 4.69) is 9.89 Å². The van der Waals surface area contributed by atoms with Gasteiger partial charge in [-0.3, -0.25) is 9.89 Å². The largest absolute Gasteiger partial charge is 0.465 e. The summed E-state index contributed by atoms with van der Waals surface area (Å²) in [5, 5.41) is 9.17. The van der Waals surface area contributed by atoms with Gasteiger partial charge in [-0.2, -0.15) is 0 Å². The van der Waals surface area contributed by atoms with Crippen molar-refractivity contribution in [3.05, 3.63) is 24.3 Å². The number of aliphatic imine (C=N–C) groups is 1. The zero-order valence-electron chi connectivity index (χ0n) is 8.58. The molecule has 1 amide bonds. The number of amides is 1. The van der Waals surface area contributed by atoms with Gasteiger partial charge in [0.15, 0.2) is 0 Å². The molecule has 0 saturated carbocycles. The molecule has 0 bridgehead atoms. The predicted molar refractivity (Wildman–Crippen MR) is 61.4 cm³/mol. The van der Waals surface area contributed by atoms with E-state index in [1.165, 1.54) is 4.90 Å². The maximum atomic E-state index is 11.2. The summed E-state index contributed by atoms with van der Waals surface area (Å²) in [6.45, 7) is 1.14. The summed E-state index contributed by atoms with van der Waals surface area (Å²) in [5.74, 6) is 0. The minimum atomic E-state index is -0.904. The highest BCUT2D eigenvalue weighted by atomic mass is 16.4. The standard InChI is InChI=1S/C11H11N3O2/c15-11(16)13-6-8-5-12-7-14(8)10-4-2-1-3-9(10)13/h1-4,7-8H,5-6H2,(H,15,16). The summed E-state index contributed by atoms with van der Waals surface area (Å²) in [4.78, 5) is 18.8.